The molecule has 3 rings (SSSR count). The van der Waals surface area contributed by atoms with Gasteiger partial charge in [0, 0.05) is 6.20 Å². The summed E-state index contributed by atoms with van der Waals surface area (Å²) in [4.78, 5) is 36.8. The van der Waals surface area contributed by atoms with Gasteiger partial charge >= 0.3 is 5.97 Å². The number of esters is 1. The first-order chi connectivity index (χ1) is 9.58. The summed E-state index contributed by atoms with van der Waals surface area (Å²) in [5.74, 6) is -1.40. The van der Waals surface area contributed by atoms with Crippen molar-refractivity contribution in [1.29, 1.82) is 0 Å². The van der Waals surface area contributed by atoms with Crippen LogP contribution in [0.4, 0.5) is 0 Å². The van der Waals surface area contributed by atoms with Crippen LogP contribution in [-0.2, 0) is 9.59 Å². The molecule has 2 aliphatic heterocycles. The lowest BCUT2D eigenvalue weighted by molar-refractivity contribution is -0.130. The van der Waals surface area contributed by atoms with E-state index >= 15 is 0 Å². The lowest BCUT2D eigenvalue weighted by Gasteiger charge is -2.18. The van der Waals surface area contributed by atoms with Crippen molar-refractivity contribution in [2.24, 2.45) is 0 Å². The monoisotopic (exact) mass is 288 g/mol. The third kappa shape index (κ3) is 1.88. The molecule has 100 valence electrons. The van der Waals surface area contributed by atoms with E-state index in [0.29, 0.717) is 0 Å². The summed E-state index contributed by atoms with van der Waals surface area (Å²) in [5.41, 5.74) is 0.0620. The highest BCUT2D eigenvalue weighted by molar-refractivity contribution is 7.80. The van der Waals surface area contributed by atoms with Gasteiger partial charge in [0.15, 0.2) is 5.11 Å². The predicted octanol–water partition coefficient (Wildman–Crippen LogP) is 0.389. The van der Waals surface area contributed by atoms with Gasteiger partial charge in [-0.05, 0) is 24.4 Å². The number of carbonyl (C=O) groups excluding carboxylic acids is 3. The summed E-state index contributed by atoms with van der Waals surface area (Å²) in [6, 6.07) is 6.42. The smallest absolute Gasteiger partial charge is 0.349 e. The van der Waals surface area contributed by atoms with Crippen LogP contribution >= 0.6 is 12.2 Å². The van der Waals surface area contributed by atoms with Crippen LogP contribution in [0.2, 0.25) is 0 Å². The second kappa shape index (κ2) is 4.53. The molecule has 0 atom stereocenters. The number of ether oxygens (including phenoxy) is 1. The fourth-order valence-electron chi connectivity index (χ4n) is 1.94. The first kappa shape index (κ1) is 12.5. The molecular formula is C13H8N2O4S. The average molecular weight is 288 g/mol. The number of hydrogen-bond donors (Lipinski definition) is 1. The Labute approximate surface area is 119 Å². The molecule has 6 nitrogen and oxygen atoms in total. The van der Waals surface area contributed by atoms with Gasteiger partial charge in [0.2, 0.25) is 5.78 Å². The first-order valence-electron chi connectivity index (χ1n) is 5.75. The molecule has 1 N–H and O–H groups in total. The number of nitrogens with one attached hydrogen (secondary N) is 1. The third-order valence-electron chi connectivity index (χ3n) is 2.94. The molecule has 0 saturated carbocycles. The summed E-state index contributed by atoms with van der Waals surface area (Å²) >= 11 is 4.93. The van der Waals surface area contributed by atoms with Crippen molar-refractivity contribution in [1.82, 2.24) is 10.2 Å². The molecule has 1 amide bonds. The molecule has 0 unspecified atom stereocenters. The van der Waals surface area contributed by atoms with Crippen molar-refractivity contribution in [2.75, 3.05) is 6.54 Å². The molecule has 20 heavy (non-hydrogen) atoms. The number of para-hydroxylation sites is 1. The zero-order valence-electron chi connectivity index (χ0n) is 10.1. The second-order valence-corrected chi connectivity index (χ2v) is 4.57. The Kier molecular flexibility index (Phi) is 2.83. The molecule has 0 spiro atoms. The van der Waals surface area contributed by atoms with Crippen LogP contribution in [0, 0.1) is 0 Å². The van der Waals surface area contributed by atoms with E-state index in [1.54, 1.807) is 18.2 Å². The SMILES string of the molecule is O=C1Oc2ccccc2C(=O)/C1=C\N1C(=O)CNC1=S. The maximum Gasteiger partial charge on any atom is 0.349 e. The molecule has 1 aromatic carbocycles. The topological polar surface area (TPSA) is 75.7 Å². The quantitative estimate of drug-likeness (QED) is 0.265. The number of nitrogens with zero attached hydrogens (tertiary/aromatic N) is 1. The van der Waals surface area contributed by atoms with E-state index < -0.39 is 11.8 Å². The molecule has 1 fully saturated rings. The number of Topliss-reactive ketones (excluding diaryl/α,β-unsaturated/α-hetero) is 1. The zero-order chi connectivity index (χ0) is 14.3. The van der Waals surface area contributed by atoms with E-state index in [9.17, 15) is 14.4 Å². The molecule has 0 aromatic heterocycles. The van der Waals surface area contributed by atoms with E-state index in [1.165, 1.54) is 6.07 Å². The van der Waals surface area contributed by atoms with Crippen LogP contribution in [0.3, 0.4) is 0 Å². The Morgan fingerprint density at radius 2 is 2.00 bits per heavy atom. The Morgan fingerprint density at radius 1 is 1.25 bits per heavy atom. The van der Waals surface area contributed by atoms with Gasteiger partial charge in [0.05, 0.1) is 12.1 Å². The lowest BCUT2D eigenvalue weighted by Crippen LogP contribution is -2.31. The molecule has 0 radical (unpaired) electrons. The summed E-state index contributed by atoms with van der Waals surface area (Å²) in [6.45, 7) is 0.0441. The minimum absolute atomic E-state index is 0.0441. The highest BCUT2D eigenvalue weighted by atomic mass is 32.1. The Morgan fingerprint density at radius 3 is 2.70 bits per heavy atom. The molecule has 1 aromatic rings. The fraction of sp³-hybridized carbons (Fsp3) is 0.0769. The van der Waals surface area contributed by atoms with E-state index in [4.69, 9.17) is 17.0 Å². The number of amides is 1. The second-order valence-electron chi connectivity index (χ2n) is 4.18. The average Bonchev–Trinajstić information content (AvgIpc) is 2.74. The van der Waals surface area contributed by atoms with Gasteiger partial charge in [0.1, 0.15) is 11.3 Å². The predicted molar refractivity (Wildman–Crippen MR) is 71.9 cm³/mol. The van der Waals surface area contributed by atoms with Gasteiger partial charge in [-0.2, -0.15) is 0 Å². The Hall–Kier alpha value is -2.54. The molecule has 7 heteroatoms. The lowest BCUT2D eigenvalue weighted by atomic mass is 10.0. The van der Waals surface area contributed by atoms with Crippen LogP contribution in [0.15, 0.2) is 36.0 Å². The fourth-order valence-corrected chi connectivity index (χ4v) is 2.17. The summed E-state index contributed by atoms with van der Waals surface area (Å²) in [7, 11) is 0. The maximum atomic E-state index is 12.3. The minimum atomic E-state index is -0.795. The van der Waals surface area contributed by atoms with Crippen LogP contribution in [0.25, 0.3) is 0 Å². The van der Waals surface area contributed by atoms with Crippen molar-refractivity contribution in [3.8, 4) is 5.75 Å². The summed E-state index contributed by atoms with van der Waals surface area (Å²) in [5, 5.41) is 2.81. The van der Waals surface area contributed by atoms with Crippen LogP contribution in [0.1, 0.15) is 10.4 Å². The Bertz CT molecular complexity index is 679. The molecule has 0 aliphatic carbocycles. The molecule has 1 saturated heterocycles. The molecule has 2 heterocycles. The molecule has 2 aliphatic rings. The standard InChI is InChI=1S/C13H8N2O4S/c16-10-5-14-13(20)15(10)6-8-11(17)7-3-1-2-4-9(7)19-12(8)18/h1-4,6H,5H2,(H,14,20)/b8-6+. The van der Waals surface area contributed by atoms with Crippen molar-refractivity contribution in [3.63, 3.8) is 0 Å². The summed E-state index contributed by atoms with van der Waals surface area (Å²) < 4.78 is 5.07. The van der Waals surface area contributed by atoms with Crippen molar-refractivity contribution in [2.45, 2.75) is 0 Å². The molecular weight excluding hydrogens is 280 g/mol. The summed E-state index contributed by atoms with van der Waals surface area (Å²) in [6.07, 6.45) is 1.13. The van der Waals surface area contributed by atoms with Crippen molar-refractivity contribution >= 4 is 35.0 Å². The largest absolute Gasteiger partial charge is 0.422 e. The Balaban J connectivity index is 2.03. The maximum absolute atomic E-state index is 12.3. The number of rotatable bonds is 1. The van der Waals surface area contributed by atoms with Gasteiger partial charge in [-0.15, -0.1) is 0 Å². The highest BCUT2D eigenvalue weighted by Crippen LogP contribution is 2.27. The van der Waals surface area contributed by atoms with Crippen molar-refractivity contribution < 1.29 is 19.1 Å². The number of benzene rings is 1. The number of fused-ring (bicyclic) bond motifs is 1. The van der Waals surface area contributed by atoms with Gasteiger partial charge in [-0.25, -0.2) is 4.79 Å². The van der Waals surface area contributed by atoms with Gasteiger partial charge in [-0.3, -0.25) is 14.5 Å². The van der Waals surface area contributed by atoms with Gasteiger partial charge in [0.25, 0.3) is 5.91 Å². The normalized spacial score (nSPS) is 20.0. The van der Waals surface area contributed by atoms with Crippen molar-refractivity contribution in [3.05, 3.63) is 41.6 Å². The number of carbonyl (C=O) groups is 3. The highest BCUT2D eigenvalue weighted by Gasteiger charge is 2.33. The number of ketones is 1. The van der Waals surface area contributed by atoms with E-state index in [-0.39, 0.29) is 34.5 Å². The third-order valence-corrected chi connectivity index (χ3v) is 3.28. The number of thiocarbonyl (C=S) groups is 1. The van der Waals surface area contributed by atoms with Crippen LogP contribution in [0.5, 0.6) is 5.75 Å². The van der Waals surface area contributed by atoms with Crippen LogP contribution in [-0.4, -0.2) is 34.2 Å². The first-order valence-corrected chi connectivity index (χ1v) is 6.16. The van der Waals surface area contributed by atoms with E-state index in [0.717, 1.165) is 11.1 Å². The zero-order valence-corrected chi connectivity index (χ0v) is 10.9. The molecule has 0 bridgehead atoms. The number of hydrogen-bond acceptors (Lipinski definition) is 5. The van der Waals surface area contributed by atoms with Crippen LogP contribution < -0.4 is 10.1 Å². The van der Waals surface area contributed by atoms with E-state index in [2.05, 4.69) is 5.32 Å². The van der Waals surface area contributed by atoms with Gasteiger partial charge in [-0.1, -0.05) is 12.1 Å². The van der Waals surface area contributed by atoms with E-state index in [1.807, 2.05) is 0 Å². The van der Waals surface area contributed by atoms with Gasteiger partial charge < -0.3 is 10.1 Å². The minimum Gasteiger partial charge on any atom is -0.422 e.